The Morgan fingerprint density at radius 2 is 2.15 bits per heavy atom. The van der Waals surface area contributed by atoms with Gasteiger partial charge in [-0.2, -0.15) is 0 Å². The fourth-order valence-corrected chi connectivity index (χ4v) is 2.11. The van der Waals surface area contributed by atoms with E-state index in [4.69, 9.17) is 17.0 Å². The Morgan fingerprint density at radius 3 is 2.54 bits per heavy atom. The molecular weight excluding hydrogens is 188 g/mol. The summed E-state index contributed by atoms with van der Waals surface area (Å²) in [6.45, 7) is 4.98. The largest absolute Gasteiger partial charge is 0.378 e. The van der Waals surface area contributed by atoms with Crippen molar-refractivity contribution < 1.29 is 9.53 Å². The highest BCUT2D eigenvalue weighted by molar-refractivity contribution is 7.80. The fraction of sp³-hybridized carbons (Fsp3) is 0.750. The molecule has 5 heteroatoms. The molecule has 1 amide bonds. The molecule has 72 valence electrons. The predicted octanol–water partition coefficient (Wildman–Crippen LogP) is -0.214. The average Bonchev–Trinajstić information content (AvgIpc) is 2.40. The van der Waals surface area contributed by atoms with Crippen LogP contribution in [0.4, 0.5) is 0 Å². The topological polar surface area (TPSA) is 50.4 Å². The van der Waals surface area contributed by atoms with E-state index in [0.29, 0.717) is 18.3 Å². The highest BCUT2D eigenvalue weighted by Crippen LogP contribution is 2.39. The lowest BCUT2D eigenvalue weighted by atomic mass is 9.75. The molecule has 0 radical (unpaired) electrons. The van der Waals surface area contributed by atoms with Crippen LogP contribution in [0.2, 0.25) is 0 Å². The predicted molar refractivity (Wildman–Crippen MR) is 51.2 cm³/mol. The summed E-state index contributed by atoms with van der Waals surface area (Å²) < 4.78 is 5.33. The molecule has 2 aliphatic rings. The number of nitrogens with one attached hydrogen (secondary N) is 2. The average molecular weight is 200 g/mol. The van der Waals surface area contributed by atoms with Crippen LogP contribution in [0.5, 0.6) is 0 Å². The second-order valence-electron chi connectivity index (χ2n) is 4.19. The van der Waals surface area contributed by atoms with E-state index in [1.54, 1.807) is 0 Å². The number of carbonyl (C=O) groups is 1. The smallest absolute Gasteiger partial charge is 0.254 e. The maximum Gasteiger partial charge on any atom is 0.254 e. The number of thiocarbonyl (C=S) groups is 1. The summed E-state index contributed by atoms with van der Waals surface area (Å²) in [7, 11) is 0. The number of hydrogen-bond donors (Lipinski definition) is 2. The van der Waals surface area contributed by atoms with Crippen molar-refractivity contribution in [2.45, 2.75) is 19.4 Å². The number of ether oxygens (including phenoxy) is 1. The van der Waals surface area contributed by atoms with Gasteiger partial charge in [-0.25, -0.2) is 0 Å². The van der Waals surface area contributed by atoms with Gasteiger partial charge in [0.25, 0.3) is 5.91 Å². The van der Waals surface area contributed by atoms with Gasteiger partial charge >= 0.3 is 0 Å². The zero-order valence-corrected chi connectivity index (χ0v) is 8.46. The van der Waals surface area contributed by atoms with Crippen LogP contribution in [0, 0.1) is 5.41 Å². The number of hydrogen-bond acceptors (Lipinski definition) is 3. The summed E-state index contributed by atoms with van der Waals surface area (Å²) >= 11 is 4.91. The third-order valence-electron chi connectivity index (χ3n) is 2.88. The molecule has 0 aromatic carbocycles. The normalized spacial score (nSPS) is 36.5. The van der Waals surface area contributed by atoms with Crippen LogP contribution in [-0.2, 0) is 9.53 Å². The molecule has 0 aliphatic carbocycles. The van der Waals surface area contributed by atoms with Crippen LogP contribution < -0.4 is 10.6 Å². The van der Waals surface area contributed by atoms with Crippen molar-refractivity contribution in [2.24, 2.45) is 5.41 Å². The van der Waals surface area contributed by atoms with E-state index < -0.39 is 5.54 Å². The van der Waals surface area contributed by atoms with Gasteiger partial charge in [0.1, 0.15) is 5.54 Å². The van der Waals surface area contributed by atoms with E-state index in [1.165, 1.54) is 0 Å². The van der Waals surface area contributed by atoms with Crippen molar-refractivity contribution in [3.05, 3.63) is 0 Å². The minimum atomic E-state index is -0.649. The number of rotatable bonds is 0. The van der Waals surface area contributed by atoms with Crippen LogP contribution in [0.25, 0.3) is 0 Å². The molecule has 2 N–H and O–H groups in total. The summed E-state index contributed by atoms with van der Waals surface area (Å²) in [5.74, 6) is -0.0694. The molecule has 1 atom stereocenters. The SMILES string of the molecule is CC1(C)COCC12NC(=S)NC2=O. The van der Waals surface area contributed by atoms with Crippen LogP contribution in [0.1, 0.15) is 13.8 Å². The molecule has 2 aliphatic heterocycles. The highest BCUT2D eigenvalue weighted by atomic mass is 32.1. The third-order valence-corrected chi connectivity index (χ3v) is 3.08. The molecule has 2 saturated heterocycles. The second kappa shape index (κ2) is 2.42. The van der Waals surface area contributed by atoms with Crippen LogP contribution in [-0.4, -0.2) is 29.8 Å². The van der Waals surface area contributed by atoms with Crippen molar-refractivity contribution in [1.82, 2.24) is 10.6 Å². The van der Waals surface area contributed by atoms with Crippen molar-refractivity contribution in [1.29, 1.82) is 0 Å². The summed E-state index contributed by atoms with van der Waals surface area (Å²) in [4.78, 5) is 11.7. The summed E-state index contributed by atoms with van der Waals surface area (Å²) in [6, 6.07) is 0. The highest BCUT2D eigenvalue weighted by Gasteiger charge is 2.59. The molecule has 1 unspecified atom stereocenters. The molecule has 1 spiro atoms. The molecule has 0 saturated carbocycles. The summed E-state index contributed by atoms with van der Waals surface area (Å²) in [5.41, 5.74) is -0.859. The Labute approximate surface area is 82.0 Å². The number of carbonyl (C=O) groups excluding carboxylic acids is 1. The minimum Gasteiger partial charge on any atom is -0.378 e. The first kappa shape index (κ1) is 8.90. The van der Waals surface area contributed by atoms with Gasteiger partial charge in [-0.3, -0.25) is 4.79 Å². The van der Waals surface area contributed by atoms with E-state index in [-0.39, 0.29) is 11.3 Å². The molecule has 13 heavy (non-hydrogen) atoms. The zero-order chi connectivity index (χ0) is 9.69. The van der Waals surface area contributed by atoms with Crippen LogP contribution in [0.15, 0.2) is 0 Å². The molecule has 0 aromatic heterocycles. The first-order valence-corrected chi connectivity index (χ1v) is 4.60. The van der Waals surface area contributed by atoms with Gasteiger partial charge in [0.2, 0.25) is 0 Å². The standard InChI is InChI=1S/C8H12N2O2S/c1-7(2)3-12-4-8(7)5(11)9-6(13)10-8/h3-4H2,1-2H3,(H2,9,10,11,13). The van der Waals surface area contributed by atoms with E-state index in [0.717, 1.165) is 0 Å². The summed E-state index contributed by atoms with van der Waals surface area (Å²) in [5, 5.41) is 6.03. The lowest BCUT2D eigenvalue weighted by molar-refractivity contribution is -0.126. The van der Waals surface area contributed by atoms with Crippen LogP contribution in [0.3, 0.4) is 0 Å². The molecular formula is C8H12N2O2S. The Morgan fingerprint density at radius 1 is 1.46 bits per heavy atom. The van der Waals surface area contributed by atoms with E-state index in [1.807, 2.05) is 13.8 Å². The maximum absolute atomic E-state index is 11.7. The summed E-state index contributed by atoms with van der Waals surface area (Å²) in [6.07, 6.45) is 0. The van der Waals surface area contributed by atoms with Gasteiger partial charge in [-0.05, 0) is 12.2 Å². The first-order valence-electron chi connectivity index (χ1n) is 4.19. The Balaban J connectivity index is 2.40. The first-order chi connectivity index (χ1) is 5.98. The van der Waals surface area contributed by atoms with E-state index in [9.17, 15) is 4.79 Å². The van der Waals surface area contributed by atoms with Crippen molar-refractivity contribution in [3.8, 4) is 0 Å². The van der Waals surface area contributed by atoms with Crippen molar-refractivity contribution in [2.75, 3.05) is 13.2 Å². The Hall–Kier alpha value is -0.680. The van der Waals surface area contributed by atoms with Crippen LogP contribution >= 0.6 is 12.2 Å². The van der Waals surface area contributed by atoms with E-state index >= 15 is 0 Å². The van der Waals surface area contributed by atoms with Crippen molar-refractivity contribution >= 4 is 23.2 Å². The minimum absolute atomic E-state index is 0.0694. The lowest BCUT2D eigenvalue weighted by Gasteiger charge is -2.32. The zero-order valence-electron chi connectivity index (χ0n) is 7.64. The van der Waals surface area contributed by atoms with Gasteiger partial charge in [0.05, 0.1) is 13.2 Å². The van der Waals surface area contributed by atoms with Gasteiger partial charge < -0.3 is 15.4 Å². The van der Waals surface area contributed by atoms with Gasteiger partial charge in [0, 0.05) is 5.41 Å². The second-order valence-corrected chi connectivity index (χ2v) is 4.60. The van der Waals surface area contributed by atoms with Gasteiger partial charge in [-0.15, -0.1) is 0 Å². The quantitative estimate of drug-likeness (QED) is 0.531. The van der Waals surface area contributed by atoms with Crippen molar-refractivity contribution in [3.63, 3.8) is 0 Å². The molecule has 0 bridgehead atoms. The molecule has 2 rings (SSSR count). The third kappa shape index (κ3) is 1.00. The Kier molecular flexibility index (Phi) is 1.66. The Bertz CT molecular complexity index is 290. The maximum atomic E-state index is 11.7. The molecule has 0 aromatic rings. The molecule has 2 heterocycles. The van der Waals surface area contributed by atoms with Gasteiger partial charge in [0.15, 0.2) is 5.11 Å². The lowest BCUT2D eigenvalue weighted by Crippen LogP contribution is -2.57. The molecule has 4 nitrogen and oxygen atoms in total. The molecule has 2 fully saturated rings. The number of amides is 1. The monoisotopic (exact) mass is 200 g/mol. The fourth-order valence-electron chi connectivity index (χ4n) is 1.85. The van der Waals surface area contributed by atoms with E-state index in [2.05, 4.69) is 10.6 Å². The van der Waals surface area contributed by atoms with Gasteiger partial charge in [-0.1, -0.05) is 13.8 Å².